The van der Waals surface area contributed by atoms with Gasteiger partial charge in [0.25, 0.3) is 0 Å². The molecule has 0 aromatic rings. The Morgan fingerprint density at radius 1 is 1.36 bits per heavy atom. The van der Waals surface area contributed by atoms with E-state index in [4.69, 9.17) is 9.84 Å². The van der Waals surface area contributed by atoms with E-state index in [2.05, 4.69) is 6.92 Å². The summed E-state index contributed by atoms with van der Waals surface area (Å²) in [5, 5.41) is 18.4. The van der Waals surface area contributed by atoms with E-state index in [9.17, 15) is 5.11 Å². The van der Waals surface area contributed by atoms with Crippen LogP contribution in [0.5, 0.6) is 0 Å². The summed E-state index contributed by atoms with van der Waals surface area (Å²) in [7, 11) is 0. The molecule has 0 radical (unpaired) electrons. The molecule has 11 heavy (non-hydrogen) atoms. The Balaban J connectivity index is 2.45. The highest BCUT2D eigenvalue weighted by molar-refractivity contribution is 4.82. The van der Waals surface area contributed by atoms with Crippen molar-refractivity contribution >= 4 is 0 Å². The van der Waals surface area contributed by atoms with Crippen LogP contribution in [0.3, 0.4) is 0 Å². The average molecular weight is 160 g/mol. The molecule has 4 atom stereocenters. The van der Waals surface area contributed by atoms with Crippen LogP contribution in [0.15, 0.2) is 0 Å². The van der Waals surface area contributed by atoms with E-state index in [1.165, 1.54) is 0 Å². The first-order valence-corrected chi connectivity index (χ1v) is 4.18. The van der Waals surface area contributed by atoms with Gasteiger partial charge in [0.15, 0.2) is 6.29 Å². The number of hydrogen-bond acceptors (Lipinski definition) is 3. The second-order valence-corrected chi connectivity index (χ2v) is 3.20. The highest BCUT2D eigenvalue weighted by Gasteiger charge is 2.38. The van der Waals surface area contributed by atoms with Crippen LogP contribution in [-0.2, 0) is 4.74 Å². The van der Waals surface area contributed by atoms with Crippen LogP contribution in [0.25, 0.3) is 0 Å². The van der Waals surface area contributed by atoms with E-state index in [0.29, 0.717) is 0 Å². The van der Waals surface area contributed by atoms with Gasteiger partial charge in [-0.2, -0.15) is 0 Å². The zero-order valence-electron chi connectivity index (χ0n) is 7.03. The normalized spacial score (nSPS) is 44.7. The molecular formula is C8H16O3. The monoisotopic (exact) mass is 160 g/mol. The minimum atomic E-state index is -0.971. The number of aliphatic hydroxyl groups is 2. The van der Waals surface area contributed by atoms with Gasteiger partial charge in [-0.15, -0.1) is 0 Å². The lowest BCUT2D eigenvalue weighted by atomic mass is 9.98. The third-order valence-electron chi connectivity index (χ3n) is 2.30. The molecule has 2 N–H and O–H groups in total. The summed E-state index contributed by atoms with van der Waals surface area (Å²) in [5.41, 5.74) is 0. The molecular weight excluding hydrogens is 144 g/mol. The molecule has 1 saturated heterocycles. The van der Waals surface area contributed by atoms with Gasteiger partial charge in [0.2, 0.25) is 0 Å². The minimum Gasteiger partial charge on any atom is -0.387 e. The SMILES string of the molecule is CCC[C@H]1O[C@H](O)[C@H](O)[C@@H]1C. The second kappa shape index (κ2) is 3.52. The van der Waals surface area contributed by atoms with E-state index in [0.717, 1.165) is 12.8 Å². The lowest BCUT2D eigenvalue weighted by molar-refractivity contribution is -0.127. The van der Waals surface area contributed by atoms with Gasteiger partial charge >= 0.3 is 0 Å². The Morgan fingerprint density at radius 2 is 2.00 bits per heavy atom. The maximum Gasteiger partial charge on any atom is 0.181 e. The first-order chi connectivity index (χ1) is 5.16. The lowest BCUT2D eigenvalue weighted by Crippen LogP contribution is -2.24. The van der Waals surface area contributed by atoms with E-state index in [1.807, 2.05) is 6.92 Å². The lowest BCUT2D eigenvalue weighted by Gasteiger charge is -2.12. The Bertz CT molecular complexity index is 127. The van der Waals surface area contributed by atoms with Crippen LogP contribution in [0.4, 0.5) is 0 Å². The summed E-state index contributed by atoms with van der Waals surface area (Å²) < 4.78 is 5.13. The van der Waals surface area contributed by atoms with Gasteiger partial charge in [0.05, 0.1) is 6.10 Å². The van der Waals surface area contributed by atoms with Crippen molar-refractivity contribution in [2.24, 2.45) is 5.92 Å². The number of ether oxygens (including phenoxy) is 1. The largest absolute Gasteiger partial charge is 0.387 e. The number of hydrogen-bond donors (Lipinski definition) is 2. The van der Waals surface area contributed by atoms with Crippen LogP contribution >= 0.6 is 0 Å². The summed E-state index contributed by atoms with van der Waals surface area (Å²) in [5.74, 6) is 0.0601. The zero-order valence-corrected chi connectivity index (χ0v) is 7.03. The van der Waals surface area contributed by atoms with Crippen LogP contribution in [-0.4, -0.2) is 28.7 Å². The molecule has 1 aliphatic heterocycles. The van der Waals surface area contributed by atoms with Gasteiger partial charge in [-0.25, -0.2) is 0 Å². The van der Waals surface area contributed by atoms with Crippen molar-refractivity contribution in [3.05, 3.63) is 0 Å². The molecule has 1 aliphatic rings. The molecule has 0 aromatic heterocycles. The highest BCUT2D eigenvalue weighted by Crippen LogP contribution is 2.27. The molecule has 0 amide bonds. The van der Waals surface area contributed by atoms with E-state index in [1.54, 1.807) is 0 Å². The fraction of sp³-hybridized carbons (Fsp3) is 1.00. The summed E-state index contributed by atoms with van der Waals surface area (Å²) in [6.45, 7) is 3.97. The van der Waals surface area contributed by atoms with E-state index < -0.39 is 12.4 Å². The molecule has 1 rings (SSSR count). The Hall–Kier alpha value is -0.120. The molecule has 0 bridgehead atoms. The van der Waals surface area contributed by atoms with Gasteiger partial charge in [-0.3, -0.25) is 0 Å². The third kappa shape index (κ3) is 1.72. The quantitative estimate of drug-likeness (QED) is 0.618. The average Bonchev–Trinajstić information content (AvgIpc) is 2.19. The second-order valence-electron chi connectivity index (χ2n) is 3.20. The van der Waals surface area contributed by atoms with Gasteiger partial charge in [0, 0.05) is 5.92 Å². The summed E-state index contributed by atoms with van der Waals surface area (Å²) in [4.78, 5) is 0. The van der Waals surface area contributed by atoms with Crippen LogP contribution in [0.1, 0.15) is 26.7 Å². The first kappa shape index (κ1) is 8.97. The Kier molecular flexibility index (Phi) is 2.87. The van der Waals surface area contributed by atoms with Crippen molar-refractivity contribution in [2.75, 3.05) is 0 Å². The molecule has 0 aromatic carbocycles. The van der Waals surface area contributed by atoms with Crippen molar-refractivity contribution in [3.63, 3.8) is 0 Å². The Morgan fingerprint density at radius 3 is 2.36 bits per heavy atom. The first-order valence-electron chi connectivity index (χ1n) is 4.18. The van der Waals surface area contributed by atoms with Crippen molar-refractivity contribution in [3.8, 4) is 0 Å². The maximum atomic E-state index is 9.29. The molecule has 0 spiro atoms. The van der Waals surface area contributed by atoms with Crippen molar-refractivity contribution in [1.82, 2.24) is 0 Å². The van der Waals surface area contributed by atoms with Crippen molar-refractivity contribution in [1.29, 1.82) is 0 Å². The number of rotatable bonds is 2. The highest BCUT2D eigenvalue weighted by atomic mass is 16.6. The van der Waals surface area contributed by atoms with Gasteiger partial charge in [-0.05, 0) is 6.42 Å². The molecule has 1 fully saturated rings. The topological polar surface area (TPSA) is 49.7 Å². The summed E-state index contributed by atoms with van der Waals surface area (Å²) in [6, 6.07) is 0. The van der Waals surface area contributed by atoms with Crippen molar-refractivity contribution < 1.29 is 14.9 Å². The van der Waals surface area contributed by atoms with Crippen molar-refractivity contribution in [2.45, 2.75) is 45.2 Å². The van der Waals surface area contributed by atoms with E-state index in [-0.39, 0.29) is 12.0 Å². The van der Waals surface area contributed by atoms with Gasteiger partial charge < -0.3 is 14.9 Å². The van der Waals surface area contributed by atoms with Crippen LogP contribution in [0, 0.1) is 5.92 Å². The molecule has 0 aliphatic carbocycles. The standard InChI is InChI=1S/C8H16O3/c1-3-4-6-5(2)7(9)8(10)11-6/h5-10H,3-4H2,1-2H3/t5-,6-,7-,8+/m1/s1. The molecule has 0 saturated carbocycles. The summed E-state index contributed by atoms with van der Waals surface area (Å²) >= 11 is 0. The zero-order chi connectivity index (χ0) is 8.43. The Labute approximate surface area is 67.0 Å². The fourth-order valence-electron chi connectivity index (χ4n) is 1.48. The molecule has 0 unspecified atom stereocenters. The van der Waals surface area contributed by atoms with Gasteiger partial charge in [-0.1, -0.05) is 20.3 Å². The molecule has 3 nitrogen and oxygen atoms in total. The predicted molar refractivity (Wildman–Crippen MR) is 41.0 cm³/mol. The molecule has 66 valence electrons. The molecule has 3 heteroatoms. The predicted octanol–water partition coefficient (Wildman–Crippen LogP) is 0.501. The smallest absolute Gasteiger partial charge is 0.181 e. The fourth-order valence-corrected chi connectivity index (χ4v) is 1.48. The molecule has 1 heterocycles. The van der Waals surface area contributed by atoms with Crippen LogP contribution < -0.4 is 0 Å². The maximum absolute atomic E-state index is 9.29. The van der Waals surface area contributed by atoms with Crippen LogP contribution in [0.2, 0.25) is 0 Å². The minimum absolute atomic E-state index is 0.0324. The van der Waals surface area contributed by atoms with E-state index >= 15 is 0 Å². The third-order valence-corrected chi connectivity index (χ3v) is 2.30. The summed E-state index contributed by atoms with van der Waals surface area (Å²) in [6.07, 6.45) is 0.294. The number of aliphatic hydroxyl groups excluding tert-OH is 2. The van der Waals surface area contributed by atoms with Gasteiger partial charge in [0.1, 0.15) is 6.10 Å².